The van der Waals surface area contributed by atoms with Gasteiger partial charge in [-0.3, -0.25) is 0 Å². The third-order valence-electron chi connectivity index (χ3n) is 5.77. The Morgan fingerprint density at radius 3 is 2.31 bits per heavy atom. The molecule has 0 saturated carbocycles. The first-order valence-electron chi connectivity index (χ1n) is 10.2. The van der Waals surface area contributed by atoms with E-state index in [1.54, 1.807) is 0 Å². The molecule has 0 amide bonds. The lowest BCUT2D eigenvalue weighted by atomic mass is 9.90. The third-order valence-corrected chi connectivity index (χ3v) is 5.77. The van der Waals surface area contributed by atoms with Gasteiger partial charge in [0.15, 0.2) is 11.9 Å². The summed E-state index contributed by atoms with van der Waals surface area (Å²) in [4.78, 5) is 3.74. The van der Waals surface area contributed by atoms with Gasteiger partial charge in [-0.2, -0.15) is 0 Å². The maximum absolute atomic E-state index is 7.59. The van der Waals surface area contributed by atoms with E-state index in [1.165, 1.54) is 11.1 Å². The molecule has 4 aromatic rings. The van der Waals surface area contributed by atoms with E-state index in [1.807, 2.05) is 18.2 Å². The number of furan rings is 1. The Morgan fingerprint density at radius 1 is 0.966 bits per heavy atom. The molecule has 0 aliphatic rings. The molecule has 0 aliphatic heterocycles. The van der Waals surface area contributed by atoms with E-state index in [0.29, 0.717) is 11.6 Å². The van der Waals surface area contributed by atoms with Gasteiger partial charge in [-0.15, -0.1) is 0 Å². The van der Waals surface area contributed by atoms with E-state index in [-0.39, 0.29) is 5.92 Å². The third kappa shape index (κ3) is 3.00. The second-order valence-corrected chi connectivity index (χ2v) is 8.49. The van der Waals surface area contributed by atoms with Crippen molar-refractivity contribution in [3.63, 3.8) is 0 Å². The quantitative estimate of drug-likeness (QED) is 0.271. The van der Waals surface area contributed by atoms with Crippen LogP contribution >= 0.6 is 0 Å². The largest absolute Gasteiger partial charge is 0.455 e. The fourth-order valence-corrected chi connectivity index (χ4v) is 4.28. The van der Waals surface area contributed by atoms with E-state index in [0.717, 1.165) is 38.8 Å². The summed E-state index contributed by atoms with van der Waals surface area (Å²) in [6, 6.07) is 12.5. The van der Waals surface area contributed by atoms with Crippen molar-refractivity contribution in [2.24, 2.45) is 7.05 Å². The molecule has 0 atom stereocenters. The van der Waals surface area contributed by atoms with Crippen molar-refractivity contribution in [1.82, 2.24) is 0 Å². The van der Waals surface area contributed by atoms with Gasteiger partial charge in [-0.25, -0.2) is 9.41 Å². The highest BCUT2D eigenvalue weighted by molar-refractivity contribution is 6.13. The van der Waals surface area contributed by atoms with Crippen LogP contribution in [0, 0.1) is 13.5 Å². The smallest absolute Gasteiger partial charge is 0.216 e. The zero-order valence-corrected chi connectivity index (χ0v) is 18.0. The van der Waals surface area contributed by atoms with Crippen molar-refractivity contribution in [3.05, 3.63) is 70.7 Å². The van der Waals surface area contributed by atoms with Crippen molar-refractivity contribution < 1.29 is 8.98 Å². The van der Waals surface area contributed by atoms with Crippen LogP contribution in [0.25, 0.3) is 38.0 Å². The molecule has 2 aromatic heterocycles. The van der Waals surface area contributed by atoms with Crippen molar-refractivity contribution in [3.8, 4) is 11.3 Å². The number of hydrogen-bond acceptors (Lipinski definition) is 1. The summed E-state index contributed by atoms with van der Waals surface area (Å²) in [6.07, 6.45) is 2.07. The Bertz CT molecular complexity index is 1290. The second kappa shape index (κ2) is 7.04. The monoisotopic (exact) mass is 383 g/mol. The number of fused-ring (bicyclic) bond motifs is 3. The zero-order chi connectivity index (χ0) is 20.9. The molecule has 0 spiro atoms. The second-order valence-electron chi connectivity index (χ2n) is 8.49. The van der Waals surface area contributed by atoms with Crippen LogP contribution in [-0.2, 0) is 7.05 Å². The number of aryl methyl sites for hydroxylation is 2. The number of aromatic nitrogens is 1. The van der Waals surface area contributed by atoms with Gasteiger partial charge in [0.25, 0.3) is 0 Å². The van der Waals surface area contributed by atoms with Gasteiger partial charge >= 0.3 is 0 Å². The first kappa shape index (κ1) is 19.2. The molecule has 0 fully saturated rings. The van der Waals surface area contributed by atoms with Crippen LogP contribution < -0.4 is 4.57 Å². The molecule has 2 heterocycles. The average Bonchev–Trinajstić information content (AvgIpc) is 3.06. The summed E-state index contributed by atoms with van der Waals surface area (Å²) in [5.74, 6) is 0.634. The van der Waals surface area contributed by atoms with Crippen LogP contribution in [0.5, 0.6) is 0 Å². The fraction of sp³-hybridized carbons (Fsp3) is 0.308. The van der Waals surface area contributed by atoms with E-state index in [2.05, 4.69) is 75.5 Å². The lowest BCUT2D eigenvalue weighted by Crippen LogP contribution is -2.30. The lowest BCUT2D eigenvalue weighted by Gasteiger charge is -2.12. The Kier molecular flexibility index (Phi) is 4.67. The Balaban J connectivity index is 2.26. The fourth-order valence-electron chi connectivity index (χ4n) is 4.28. The van der Waals surface area contributed by atoms with Crippen molar-refractivity contribution in [2.75, 3.05) is 0 Å². The molecule has 0 radical (unpaired) electrons. The zero-order valence-electron chi connectivity index (χ0n) is 18.0. The molecular weight excluding hydrogens is 356 g/mol. The molecule has 0 N–H and O–H groups in total. The number of rotatable bonds is 3. The molecule has 3 nitrogen and oxygen atoms in total. The summed E-state index contributed by atoms with van der Waals surface area (Å²) >= 11 is 0. The lowest BCUT2D eigenvalue weighted by molar-refractivity contribution is -0.660. The molecular formula is C26H27N2O+. The summed E-state index contributed by atoms with van der Waals surface area (Å²) in [7, 11) is 2.07. The maximum atomic E-state index is 7.59. The van der Waals surface area contributed by atoms with E-state index in [4.69, 9.17) is 11.0 Å². The summed E-state index contributed by atoms with van der Waals surface area (Å²) < 4.78 is 8.78. The molecule has 3 heteroatoms. The molecule has 0 aliphatic carbocycles. The molecule has 0 unspecified atom stereocenters. The first-order chi connectivity index (χ1) is 13.8. The molecule has 0 saturated heterocycles. The summed E-state index contributed by atoms with van der Waals surface area (Å²) in [6.45, 7) is 18.5. The minimum absolute atomic E-state index is 0.277. The van der Waals surface area contributed by atoms with Crippen molar-refractivity contribution in [2.45, 2.75) is 46.5 Å². The number of pyridine rings is 1. The normalized spacial score (nSPS) is 11.7. The van der Waals surface area contributed by atoms with Gasteiger partial charge in [-0.1, -0.05) is 33.8 Å². The SMILES string of the molecule is [C-]#[N+]c1cc(C(C)C)c2oc3c(-c4cccc[n+]4C)c(C)cc(C(C)C)c3c2c1. The molecule has 146 valence electrons. The van der Waals surface area contributed by atoms with Crippen LogP contribution in [0.15, 0.2) is 47.0 Å². The summed E-state index contributed by atoms with van der Waals surface area (Å²) in [5, 5.41) is 2.20. The highest BCUT2D eigenvalue weighted by Gasteiger charge is 2.25. The van der Waals surface area contributed by atoms with Crippen molar-refractivity contribution >= 4 is 27.6 Å². The topological polar surface area (TPSA) is 21.4 Å². The highest BCUT2D eigenvalue weighted by Crippen LogP contribution is 2.44. The van der Waals surface area contributed by atoms with E-state index < -0.39 is 0 Å². The van der Waals surface area contributed by atoms with E-state index in [9.17, 15) is 0 Å². The van der Waals surface area contributed by atoms with Crippen LogP contribution in [-0.4, -0.2) is 0 Å². The Morgan fingerprint density at radius 2 is 1.69 bits per heavy atom. The van der Waals surface area contributed by atoms with Crippen LogP contribution in [0.1, 0.15) is 56.2 Å². The van der Waals surface area contributed by atoms with Crippen LogP contribution in [0.4, 0.5) is 5.69 Å². The first-order valence-corrected chi connectivity index (χ1v) is 10.2. The maximum Gasteiger partial charge on any atom is 0.216 e. The minimum atomic E-state index is 0.277. The highest BCUT2D eigenvalue weighted by atomic mass is 16.3. The minimum Gasteiger partial charge on any atom is -0.455 e. The predicted octanol–water partition coefficient (Wildman–Crippen LogP) is 7.18. The standard InChI is InChI=1S/C26H27N2O/c1-15(2)19-12-17(5)23(22-10-8-9-11-28(22)7)26-24(19)21-14-18(27-6)13-20(16(3)4)25(21)29-26/h8-16H,1-5,7H3/q+1. The molecule has 0 bridgehead atoms. The summed E-state index contributed by atoms with van der Waals surface area (Å²) in [5.41, 5.74) is 8.34. The average molecular weight is 384 g/mol. The van der Waals surface area contributed by atoms with Gasteiger partial charge in [0.05, 0.1) is 12.1 Å². The van der Waals surface area contributed by atoms with Crippen LogP contribution in [0.2, 0.25) is 0 Å². The number of hydrogen-bond donors (Lipinski definition) is 0. The molecule has 2 aromatic carbocycles. The Hall–Kier alpha value is -3.12. The van der Waals surface area contributed by atoms with Crippen LogP contribution in [0.3, 0.4) is 0 Å². The number of benzene rings is 2. The predicted molar refractivity (Wildman–Crippen MR) is 120 cm³/mol. The van der Waals surface area contributed by atoms with E-state index >= 15 is 0 Å². The van der Waals surface area contributed by atoms with Gasteiger partial charge < -0.3 is 4.42 Å². The Labute approximate surface area is 172 Å². The number of nitrogens with zero attached hydrogens (tertiary/aromatic N) is 2. The van der Waals surface area contributed by atoms with Gasteiger partial charge in [0, 0.05) is 22.9 Å². The van der Waals surface area contributed by atoms with Gasteiger partial charge in [0.2, 0.25) is 5.69 Å². The van der Waals surface area contributed by atoms with Gasteiger partial charge in [-0.05, 0) is 53.6 Å². The van der Waals surface area contributed by atoms with Gasteiger partial charge in [0.1, 0.15) is 18.2 Å². The van der Waals surface area contributed by atoms with Crippen molar-refractivity contribution in [1.29, 1.82) is 0 Å². The molecule has 4 rings (SSSR count). The molecule has 29 heavy (non-hydrogen) atoms.